The molecule has 1 aromatic heterocycles. The van der Waals surface area contributed by atoms with Gasteiger partial charge in [0.15, 0.2) is 0 Å². The number of hydrogen-bond acceptors (Lipinski definition) is 4. The maximum atomic E-state index is 12.6. The lowest BCUT2D eigenvalue weighted by atomic mass is 10.0. The summed E-state index contributed by atoms with van der Waals surface area (Å²) in [6.07, 6.45) is 5.70. The fourth-order valence-corrected chi connectivity index (χ4v) is 4.00. The second-order valence-corrected chi connectivity index (χ2v) is 7.33. The van der Waals surface area contributed by atoms with Crippen LogP contribution in [0.15, 0.2) is 6.20 Å². The minimum absolute atomic E-state index is 0.0294. The van der Waals surface area contributed by atoms with Gasteiger partial charge in [0.25, 0.3) is 0 Å². The zero-order chi connectivity index (χ0) is 16.0. The Bertz CT molecular complexity index is 595. The van der Waals surface area contributed by atoms with E-state index in [2.05, 4.69) is 21.5 Å². The summed E-state index contributed by atoms with van der Waals surface area (Å²) in [5.41, 5.74) is 2.32. The molecule has 1 aliphatic carbocycles. The van der Waals surface area contributed by atoms with Crippen molar-refractivity contribution in [1.82, 2.24) is 20.0 Å². The molecule has 0 bridgehead atoms. The van der Waals surface area contributed by atoms with E-state index in [1.807, 2.05) is 18.7 Å². The van der Waals surface area contributed by atoms with E-state index in [4.69, 9.17) is 4.74 Å². The van der Waals surface area contributed by atoms with E-state index >= 15 is 0 Å². The van der Waals surface area contributed by atoms with Gasteiger partial charge in [0.05, 0.1) is 17.7 Å². The molecule has 3 heterocycles. The number of fused-ring (bicyclic) bond motifs is 1. The summed E-state index contributed by atoms with van der Waals surface area (Å²) < 4.78 is 7.78. The Kier molecular flexibility index (Phi) is 3.89. The smallest absolute Gasteiger partial charge is 0.227 e. The van der Waals surface area contributed by atoms with Crippen LogP contribution >= 0.6 is 0 Å². The van der Waals surface area contributed by atoms with Gasteiger partial charge in [0.1, 0.15) is 0 Å². The molecule has 126 valence electrons. The predicted molar refractivity (Wildman–Crippen MR) is 85.7 cm³/mol. The highest BCUT2D eigenvalue weighted by molar-refractivity contribution is 5.80. The summed E-state index contributed by atoms with van der Waals surface area (Å²) in [6, 6.07) is 0.367. The van der Waals surface area contributed by atoms with Crippen molar-refractivity contribution in [3.05, 3.63) is 17.5 Å². The largest absolute Gasteiger partial charge is 0.376 e. The Morgan fingerprint density at radius 1 is 1.43 bits per heavy atom. The van der Waals surface area contributed by atoms with Crippen molar-refractivity contribution in [2.24, 2.45) is 18.9 Å². The summed E-state index contributed by atoms with van der Waals surface area (Å²) in [5.74, 6) is 0.868. The molecular formula is C17H26N4O2. The average molecular weight is 318 g/mol. The fourth-order valence-electron chi connectivity index (χ4n) is 4.00. The molecule has 1 saturated carbocycles. The van der Waals surface area contributed by atoms with Crippen LogP contribution in [-0.4, -0.2) is 52.4 Å². The number of rotatable bonds is 5. The molecule has 1 amide bonds. The first-order chi connectivity index (χ1) is 11.1. The van der Waals surface area contributed by atoms with Gasteiger partial charge < -0.3 is 10.1 Å². The number of ether oxygens (including phenoxy) is 1. The van der Waals surface area contributed by atoms with Crippen molar-refractivity contribution < 1.29 is 9.53 Å². The number of carbonyl (C=O) groups is 1. The Morgan fingerprint density at radius 2 is 2.26 bits per heavy atom. The molecule has 6 nitrogen and oxygen atoms in total. The summed E-state index contributed by atoms with van der Waals surface area (Å²) in [4.78, 5) is 15.0. The third-order valence-corrected chi connectivity index (χ3v) is 5.49. The van der Waals surface area contributed by atoms with Crippen LogP contribution < -0.4 is 5.32 Å². The van der Waals surface area contributed by atoms with Crippen LogP contribution in [0.3, 0.4) is 0 Å². The van der Waals surface area contributed by atoms with Crippen LogP contribution in [0.25, 0.3) is 0 Å². The molecule has 6 heteroatoms. The number of likely N-dealkylation sites (tertiary alicyclic amines) is 1. The Morgan fingerprint density at radius 3 is 2.96 bits per heavy atom. The Balaban J connectivity index is 1.43. The van der Waals surface area contributed by atoms with E-state index in [0.717, 1.165) is 44.3 Å². The molecule has 3 aliphatic rings. The van der Waals surface area contributed by atoms with Gasteiger partial charge in [-0.25, -0.2) is 0 Å². The number of nitrogens with zero attached hydrogens (tertiary/aromatic N) is 3. The van der Waals surface area contributed by atoms with E-state index in [-0.39, 0.29) is 17.9 Å². The lowest BCUT2D eigenvalue weighted by Gasteiger charge is -2.21. The third kappa shape index (κ3) is 3.02. The maximum absolute atomic E-state index is 12.6. The van der Waals surface area contributed by atoms with Gasteiger partial charge in [-0.15, -0.1) is 0 Å². The number of carbonyl (C=O) groups excluding carboxylic acids is 1. The van der Waals surface area contributed by atoms with Gasteiger partial charge in [0.2, 0.25) is 5.91 Å². The molecule has 3 atom stereocenters. The zero-order valence-electron chi connectivity index (χ0n) is 14.0. The van der Waals surface area contributed by atoms with E-state index in [1.165, 1.54) is 18.4 Å². The number of hydrogen-bond donors (Lipinski definition) is 1. The molecule has 0 unspecified atom stereocenters. The Labute approximate surface area is 137 Å². The summed E-state index contributed by atoms with van der Waals surface area (Å²) in [5, 5.41) is 7.57. The molecule has 1 aromatic rings. The first kappa shape index (κ1) is 15.1. The van der Waals surface area contributed by atoms with Gasteiger partial charge in [-0.2, -0.15) is 5.10 Å². The van der Waals surface area contributed by atoms with Crippen molar-refractivity contribution in [1.29, 1.82) is 0 Å². The lowest BCUT2D eigenvalue weighted by Crippen LogP contribution is -2.38. The van der Waals surface area contributed by atoms with E-state index in [9.17, 15) is 4.79 Å². The topological polar surface area (TPSA) is 59.4 Å². The van der Waals surface area contributed by atoms with Gasteiger partial charge >= 0.3 is 0 Å². The minimum Gasteiger partial charge on any atom is -0.376 e. The highest BCUT2D eigenvalue weighted by Gasteiger charge is 2.48. The SMILES string of the molecule is Cc1nn(C)cc1CN1C[C@H](C(=O)NCC2CC2)[C@H]2OCC[C@H]21. The van der Waals surface area contributed by atoms with Crippen molar-refractivity contribution in [2.45, 2.75) is 44.9 Å². The van der Waals surface area contributed by atoms with Crippen molar-refractivity contribution >= 4 is 5.91 Å². The quantitative estimate of drug-likeness (QED) is 0.874. The Hall–Kier alpha value is -1.40. The van der Waals surface area contributed by atoms with Crippen molar-refractivity contribution in [2.75, 3.05) is 19.7 Å². The number of amides is 1. The van der Waals surface area contributed by atoms with Crippen LogP contribution in [0, 0.1) is 18.8 Å². The third-order valence-electron chi connectivity index (χ3n) is 5.49. The summed E-state index contributed by atoms with van der Waals surface area (Å²) >= 11 is 0. The molecule has 0 radical (unpaired) electrons. The average Bonchev–Trinajstić information content (AvgIpc) is 2.96. The minimum atomic E-state index is -0.0294. The zero-order valence-corrected chi connectivity index (χ0v) is 14.0. The molecule has 3 fully saturated rings. The number of aromatic nitrogens is 2. The van der Waals surface area contributed by atoms with Crippen LogP contribution in [0.4, 0.5) is 0 Å². The molecular weight excluding hydrogens is 292 g/mol. The van der Waals surface area contributed by atoms with E-state index in [0.29, 0.717) is 6.04 Å². The van der Waals surface area contributed by atoms with E-state index < -0.39 is 0 Å². The highest BCUT2D eigenvalue weighted by atomic mass is 16.5. The summed E-state index contributed by atoms with van der Waals surface area (Å²) in [6.45, 7) is 5.31. The lowest BCUT2D eigenvalue weighted by molar-refractivity contribution is -0.127. The maximum Gasteiger partial charge on any atom is 0.227 e. The van der Waals surface area contributed by atoms with Gasteiger partial charge in [-0.05, 0) is 32.1 Å². The van der Waals surface area contributed by atoms with Crippen molar-refractivity contribution in [3.63, 3.8) is 0 Å². The molecule has 0 spiro atoms. The second-order valence-electron chi connectivity index (χ2n) is 7.33. The van der Waals surface area contributed by atoms with Crippen LogP contribution in [0.5, 0.6) is 0 Å². The molecule has 2 aliphatic heterocycles. The summed E-state index contributed by atoms with van der Waals surface area (Å²) in [7, 11) is 1.95. The molecule has 0 aromatic carbocycles. The molecule has 1 N–H and O–H groups in total. The number of aryl methyl sites for hydroxylation is 2. The first-order valence-electron chi connectivity index (χ1n) is 8.74. The monoisotopic (exact) mass is 318 g/mol. The fraction of sp³-hybridized carbons (Fsp3) is 0.765. The van der Waals surface area contributed by atoms with Crippen LogP contribution in [-0.2, 0) is 23.1 Å². The number of nitrogens with one attached hydrogen (secondary N) is 1. The molecule has 4 rings (SSSR count). The van der Waals surface area contributed by atoms with Crippen molar-refractivity contribution in [3.8, 4) is 0 Å². The van der Waals surface area contributed by atoms with Gasteiger partial charge in [-0.3, -0.25) is 14.4 Å². The predicted octanol–water partition coefficient (Wildman–Crippen LogP) is 0.844. The van der Waals surface area contributed by atoms with E-state index in [1.54, 1.807) is 0 Å². The van der Waals surface area contributed by atoms with Crippen LogP contribution in [0.2, 0.25) is 0 Å². The first-order valence-corrected chi connectivity index (χ1v) is 8.74. The van der Waals surface area contributed by atoms with Gasteiger partial charge in [-0.1, -0.05) is 0 Å². The van der Waals surface area contributed by atoms with Crippen LogP contribution in [0.1, 0.15) is 30.5 Å². The normalized spacial score (nSPS) is 30.6. The van der Waals surface area contributed by atoms with Gasteiger partial charge in [0, 0.05) is 51.1 Å². The molecule has 2 saturated heterocycles. The molecule has 23 heavy (non-hydrogen) atoms. The highest BCUT2D eigenvalue weighted by Crippen LogP contribution is 2.35. The standard InChI is InChI=1S/C17H26N4O2/c1-11-13(8-20(2)19-11)9-21-10-14(16-15(21)5-6-23-16)17(22)18-7-12-3-4-12/h8,12,14-16H,3-7,9-10H2,1-2H3,(H,18,22)/t14-,15+,16+/m0/s1. The second kappa shape index (κ2) is 5.91.